The first-order valence-electron chi connectivity index (χ1n) is 7.08. The SMILES string of the molecule is NCC1(C(=O)Nc2cccc(C3OCCO3)c2)CCC1. The number of carbonyl (C=O) groups is 1. The molecular weight excluding hydrogens is 256 g/mol. The van der Waals surface area contributed by atoms with E-state index in [0.29, 0.717) is 19.8 Å². The molecular formula is C15H20N2O3. The van der Waals surface area contributed by atoms with E-state index in [0.717, 1.165) is 30.5 Å². The normalized spacial score (nSPS) is 21.4. The van der Waals surface area contributed by atoms with E-state index >= 15 is 0 Å². The standard InChI is InChI=1S/C15H20N2O3/c16-10-15(5-2-6-15)14(18)17-12-4-1-3-11(9-12)13-19-7-8-20-13/h1,3-4,9,13H,2,5-8,10,16H2,(H,17,18). The maximum Gasteiger partial charge on any atom is 0.231 e. The maximum atomic E-state index is 12.3. The summed E-state index contributed by atoms with van der Waals surface area (Å²) in [6.07, 6.45) is 2.52. The molecule has 1 heterocycles. The van der Waals surface area contributed by atoms with Crippen LogP contribution in [-0.2, 0) is 14.3 Å². The third-order valence-electron chi connectivity index (χ3n) is 4.22. The van der Waals surface area contributed by atoms with Crippen LogP contribution in [0.25, 0.3) is 0 Å². The summed E-state index contributed by atoms with van der Waals surface area (Å²) < 4.78 is 10.9. The average molecular weight is 276 g/mol. The lowest BCUT2D eigenvalue weighted by molar-refractivity contribution is -0.129. The van der Waals surface area contributed by atoms with Crippen LogP contribution in [0.3, 0.4) is 0 Å². The number of nitrogens with one attached hydrogen (secondary N) is 1. The molecule has 3 N–H and O–H groups in total. The van der Waals surface area contributed by atoms with E-state index in [4.69, 9.17) is 15.2 Å². The average Bonchev–Trinajstić information content (AvgIpc) is 2.92. The maximum absolute atomic E-state index is 12.3. The van der Waals surface area contributed by atoms with Crippen LogP contribution in [0.4, 0.5) is 5.69 Å². The number of hydrogen-bond acceptors (Lipinski definition) is 4. The first-order chi connectivity index (χ1) is 9.73. The van der Waals surface area contributed by atoms with Crippen molar-refractivity contribution in [2.45, 2.75) is 25.6 Å². The van der Waals surface area contributed by atoms with E-state index in [1.165, 1.54) is 0 Å². The molecule has 2 aliphatic rings. The third kappa shape index (κ3) is 2.44. The molecule has 108 valence electrons. The van der Waals surface area contributed by atoms with Crippen LogP contribution in [0.2, 0.25) is 0 Å². The topological polar surface area (TPSA) is 73.6 Å². The van der Waals surface area contributed by atoms with Crippen molar-refractivity contribution in [1.82, 2.24) is 0 Å². The summed E-state index contributed by atoms with van der Waals surface area (Å²) in [5.41, 5.74) is 7.08. The van der Waals surface area contributed by atoms with Gasteiger partial charge in [0.15, 0.2) is 6.29 Å². The molecule has 1 saturated heterocycles. The first kappa shape index (κ1) is 13.5. The second-order valence-electron chi connectivity index (χ2n) is 5.49. The van der Waals surface area contributed by atoms with E-state index in [9.17, 15) is 4.79 Å². The molecule has 0 unspecified atom stereocenters. The van der Waals surface area contributed by atoms with Gasteiger partial charge in [-0.3, -0.25) is 4.79 Å². The van der Waals surface area contributed by atoms with Crippen molar-refractivity contribution in [1.29, 1.82) is 0 Å². The molecule has 0 aromatic heterocycles. The lowest BCUT2D eigenvalue weighted by Crippen LogP contribution is -2.47. The summed E-state index contributed by atoms with van der Waals surface area (Å²) in [5.74, 6) is 0.0247. The second-order valence-corrected chi connectivity index (χ2v) is 5.49. The number of nitrogens with two attached hydrogens (primary N) is 1. The molecule has 1 aliphatic heterocycles. The first-order valence-corrected chi connectivity index (χ1v) is 7.08. The fourth-order valence-electron chi connectivity index (χ4n) is 2.71. The summed E-state index contributed by atoms with van der Waals surface area (Å²) in [6.45, 7) is 1.63. The van der Waals surface area contributed by atoms with Crippen LogP contribution < -0.4 is 11.1 Å². The molecule has 1 aliphatic carbocycles. The predicted molar refractivity (Wildman–Crippen MR) is 75.1 cm³/mol. The molecule has 1 amide bonds. The Morgan fingerprint density at radius 2 is 2.10 bits per heavy atom. The molecule has 5 nitrogen and oxygen atoms in total. The van der Waals surface area contributed by atoms with Gasteiger partial charge in [-0.25, -0.2) is 0 Å². The van der Waals surface area contributed by atoms with E-state index in [1.807, 2.05) is 24.3 Å². The number of amides is 1. The Labute approximate surface area is 118 Å². The zero-order valence-electron chi connectivity index (χ0n) is 11.4. The van der Waals surface area contributed by atoms with Crippen LogP contribution in [-0.4, -0.2) is 25.7 Å². The summed E-state index contributed by atoms with van der Waals surface area (Å²) in [7, 11) is 0. The smallest absolute Gasteiger partial charge is 0.231 e. The summed E-state index contributed by atoms with van der Waals surface area (Å²) in [4.78, 5) is 12.3. The Morgan fingerprint density at radius 1 is 1.35 bits per heavy atom. The fourth-order valence-corrected chi connectivity index (χ4v) is 2.71. The van der Waals surface area contributed by atoms with E-state index in [-0.39, 0.29) is 17.6 Å². The van der Waals surface area contributed by atoms with Crippen LogP contribution in [0.15, 0.2) is 24.3 Å². The Kier molecular flexibility index (Phi) is 3.74. The lowest BCUT2D eigenvalue weighted by Gasteiger charge is -2.39. The highest BCUT2D eigenvalue weighted by Crippen LogP contribution is 2.41. The zero-order valence-corrected chi connectivity index (χ0v) is 11.4. The highest BCUT2D eigenvalue weighted by Gasteiger charge is 2.42. The van der Waals surface area contributed by atoms with Gasteiger partial charge in [-0.2, -0.15) is 0 Å². The van der Waals surface area contributed by atoms with Gasteiger partial charge in [0.25, 0.3) is 0 Å². The minimum atomic E-state index is -0.365. The minimum Gasteiger partial charge on any atom is -0.346 e. The Hall–Kier alpha value is -1.43. The molecule has 0 bridgehead atoms. The van der Waals surface area contributed by atoms with Gasteiger partial charge in [-0.05, 0) is 25.0 Å². The number of hydrogen-bond donors (Lipinski definition) is 2. The predicted octanol–water partition coefficient (Wildman–Crippen LogP) is 1.80. The lowest BCUT2D eigenvalue weighted by atomic mass is 9.68. The van der Waals surface area contributed by atoms with Crippen molar-refractivity contribution in [3.8, 4) is 0 Å². The molecule has 20 heavy (non-hydrogen) atoms. The van der Waals surface area contributed by atoms with Crippen molar-refractivity contribution >= 4 is 11.6 Å². The van der Waals surface area contributed by atoms with Crippen LogP contribution in [0, 0.1) is 5.41 Å². The highest BCUT2D eigenvalue weighted by atomic mass is 16.7. The van der Waals surface area contributed by atoms with Crippen LogP contribution >= 0.6 is 0 Å². The Bertz CT molecular complexity index is 488. The van der Waals surface area contributed by atoms with Crippen molar-refractivity contribution in [2.75, 3.05) is 25.1 Å². The Balaban J connectivity index is 1.71. The van der Waals surface area contributed by atoms with Crippen LogP contribution in [0.5, 0.6) is 0 Å². The quantitative estimate of drug-likeness (QED) is 0.879. The number of carbonyl (C=O) groups excluding carboxylic acids is 1. The zero-order chi connectivity index (χ0) is 14.0. The van der Waals surface area contributed by atoms with E-state index < -0.39 is 0 Å². The summed E-state index contributed by atoms with van der Waals surface area (Å²) >= 11 is 0. The van der Waals surface area contributed by atoms with E-state index in [1.54, 1.807) is 0 Å². The van der Waals surface area contributed by atoms with Gasteiger partial charge in [0, 0.05) is 17.8 Å². The van der Waals surface area contributed by atoms with Gasteiger partial charge in [0.1, 0.15) is 0 Å². The van der Waals surface area contributed by atoms with Crippen molar-refractivity contribution in [3.05, 3.63) is 29.8 Å². The monoisotopic (exact) mass is 276 g/mol. The molecule has 1 saturated carbocycles. The van der Waals surface area contributed by atoms with Gasteiger partial charge in [0.2, 0.25) is 5.91 Å². The fraction of sp³-hybridized carbons (Fsp3) is 0.533. The van der Waals surface area contributed by atoms with Crippen molar-refractivity contribution < 1.29 is 14.3 Å². The van der Waals surface area contributed by atoms with Gasteiger partial charge in [-0.1, -0.05) is 18.6 Å². The number of anilines is 1. The highest BCUT2D eigenvalue weighted by molar-refractivity contribution is 5.96. The van der Waals surface area contributed by atoms with Crippen molar-refractivity contribution in [3.63, 3.8) is 0 Å². The van der Waals surface area contributed by atoms with E-state index in [2.05, 4.69) is 5.32 Å². The van der Waals surface area contributed by atoms with Gasteiger partial charge >= 0.3 is 0 Å². The number of ether oxygens (including phenoxy) is 2. The molecule has 5 heteroatoms. The van der Waals surface area contributed by atoms with Crippen LogP contribution in [0.1, 0.15) is 31.1 Å². The molecule has 1 aromatic rings. The molecule has 3 rings (SSSR count). The second kappa shape index (κ2) is 5.52. The van der Waals surface area contributed by atoms with Crippen molar-refractivity contribution in [2.24, 2.45) is 11.1 Å². The molecule has 0 spiro atoms. The van der Waals surface area contributed by atoms with Gasteiger partial charge in [-0.15, -0.1) is 0 Å². The van der Waals surface area contributed by atoms with Gasteiger partial charge in [0.05, 0.1) is 18.6 Å². The molecule has 0 atom stereocenters. The minimum absolute atomic E-state index is 0.0247. The largest absolute Gasteiger partial charge is 0.346 e. The third-order valence-corrected chi connectivity index (χ3v) is 4.22. The molecule has 2 fully saturated rings. The summed E-state index contributed by atoms with van der Waals surface area (Å²) in [5, 5.41) is 2.97. The van der Waals surface area contributed by atoms with Gasteiger partial charge < -0.3 is 20.5 Å². The number of benzene rings is 1. The molecule has 0 radical (unpaired) electrons. The summed E-state index contributed by atoms with van der Waals surface area (Å²) in [6, 6.07) is 7.61. The number of rotatable bonds is 4. The molecule has 1 aromatic carbocycles. The Morgan fingerprint density at radius 3 is 2.70 bits per heavy atom.